The lowest BCUT2D eigenvalue weighted by Gasteiger charge is -2.22. The normalized spacial score (nSPS) is 21.7. The Morgan fingerprint density at radius 2 is 1.85 bits per heavy atom. The molecule has 0 bridgehead atoms. The second kappa shape index (κ2) is 5.95. The molecule has 2 atom stereocenters. The summed E-state index contributed by atoms with van der Waals surface area (Å²) in [7, 11) is 0. The maximum atomic E-state index is 11.7. The van der Waals surface area contributed by atoms with Crippen molar-refractivity contribution < 1.29 is 9.53 Å². The maximum absolute atomic E-state index is 11.7. The molecule has 20 heavy (non-hydrogen) atoms. The molecule has 1 aromatic carbocycles. The zero-order chi connectivity index (χ0) is 14.9. The van der Waals surface area contributed by atoms with Gasteiger partial charge >= 0.3 is 6.09 Å². The average Bonchev–Trinajstić information content (AvgIpc) is 2.60. The summed E-state index contributed by atoms with van der Waals surface area (Å²) < 4.78 is 5.28. The highest BCUT2D eigenvalue weighted by molar-refractivity contribution is 6.34. The van der Waals surface area contributed by atoms with Gasteiger partial charge in [-0.25, -0.2) is 4.79 Å². The van der Waals surface area contributed by atoms with Crippen molar-refractivity contribution in [2.75, 3.05) is 0 Å². The van der Waals surface area contributed by atoms with Gasteiger partial charge in [0.05, 0.1) is 6.04 Å². The number of nitrogens with zero attached hydrogens (tertiary/aromatic N) is 1. The van der Waals surface area contributed by atoms with E-state index < -0.39 is 6.10 Å². The van der Waals surface area contributed by atoms with Gasteiger partial charge in [0.1, 0.15) is 0 Å². The summed E-state index contributed by atoms with van der Waals surface area (Å²) in [5.74, 6) is 5.92. The maximum Gasteiger partial charge on any atom is 0.411 e. The first kappa shape index (κ1) is 15.0. The van der Waals surface area contributed by atoms with E-state index in [1.165, 1.54) is 0 Å². The van der Waals surface area contributed by atoms with Crippen molar-refractivity contribution in [3.8, 4) is 11.8 Å². The minimum Gasteiger partial charge on any atom is -0.431 e. The van der Waals surface area contributed by atoms with Crippen molar-refractivity contribution in [3.05, 3.63) is 33.8 Å². The van der Waals surface area contributed by atoms with Crippen molar-refractivity contribution in [2.45, 2.75) is 39.0 Å². The average molecular weight is 312 g/mol. The molecule has 0 aliphatic carbocycles. The molecule has 0 radical (unpaired) electrons. The molecule has 1 unspecified atom stereocenters. The van der Waals surface area contributed by atoms with E-state index in [1.807, 2.05) is 20.8 Å². The highest BCUT2D eigenvalue weighted by atomic mass is 35.5. The van der Waals surface area contributed by atoms with Gasteiger partial charge < -0.3 is 4.74 Å². The second-order valence-electron chi connectivity index (χ2n) is 4.97. The van der Waals surface area contributed by atoms with E-state index in [0.29, 0.717) is 15.6 Å². The molecule has 1 fully saturated rings. The molecule has 2 rings (SSSR count). The number of benzene rings is 1. The highest BCUT2D eigenvalue weighted by Gasteiger charge is 2.39. The Morgan fingerprint density at radius 1 is 1.25 bits per heavy atom. The van der Waals surface area contributed by atoms with Gasteiger partial charge in [0.25, 0.3) is 0 Å². The summed E-state index contributed by atoms with van der Waals surface area (Å²) >= 11 is 11.8. The smallest absolute Gasteiger partial charge is 0.411 e. The van der Waals surface area contributed by atoms with Crippen LogP contribution in [-0.4, -0.2) is 29.2 Å². The molecule has 106 valence electrons. The van der Waals surface area contributed by atoms with Gasteiger partial charge in [0, 0.05) is 21.7 Å². The van der Waals surface area contributed by atoms with Gasteiger partial charge in [-0.3, -0.25) is 4.90 Å². The van der Waals surface area contributed by atoms with Crippen LogP contribution in [0.15, 0.2) is 18.2 Å². The van der Waals surface area contributed by atoms with Crippen LogP contribution >= 0.6 is 23.2 Å². The van der Waals surface area contributed by atoms with Crippen molar-refractivity contribution in [2.24, 2.45) is 0 Å². The van der Waals surface area contributed by atoms with Crippen molar-refractivity contribution in [1.82, 2.24) is 4.90 Å². The zero-order valence-electron chi connectivity index (χ0n) is 11.5. The standard InChI is InChI=1S/C15H15Cl2NO2/c1-9(2)18-10(3)14(20-15(18)19)5-4-11-6-12(16)8-13(17)7-11/h6-10,14H,1-3H3/t10-,14?/m1/s1. The fraction of sp³-hybridized carbons (Fsp3) is 0.400. The summed E-state index contributed by atoms with van der Waals surface area (Å²) in [5, 5.41) is 1.06. The van der Waals surface area contributed by atoms with Crippen molar-refractivity contribution in [1.29, 1.82) is 0 Å². The van der Waals surface area contributed by atoms with Crippen LogP contribution in [0.5, 0.6) is 0 Å². The molecule has 1 aromatic rings. The van der Waals surface area contributed by atoms with E-state index >= 15 is 0 Å². The molecular formula is C15H15Cl2NO2. The van der Waals surface area contributed by atoms with E-state index in [0.717, 1.165) is 0 Å². The molecule has 1 amide bonds. The van der Waals surface area contributed by atoms with Crippen LogP contribution in [-0.2, 0) is 4.74 Å². The Hall–Kier alpha value is -1.37. The number of carbonyl (C=O) groups excluding carboxylic acids is 1. The fourth-order valence-corrected chi connectivity index (χ4v) is 2.72. The molecule has 1 heterocycles. The SMILES string of the molecule is CC(C)N1C(=O)OC(C#Cc2cc(Cl)cc(Cl)c2)[C@H]1C. The van der Waals surface area contributed by atoms with Crippen LogP contribution in [0, 0.1) is 11.8 Å². The molecule has 1 saturated heterocycles. The van der Waals surface area contributed by atoms with Crippen LogP contribution < -0.4 is 0 Å². The topological polar surface area (TPSA) is 29.5 Å². The van der Waals surface area contributed by atoms with Gasteiger partial charge in [0.2, 0.25) is 0 Å². The Labute approximate surface area is 128 Å². The van der Waals surface area contributed by atoms with E-state index in [9.17, 15) is 4.79 Å². The van der Waals surface area contributed by atoms with Crippen molar-refractivity contribution >= 4 is 29.3 Å². The number of hydrogen-bond donors (Lipinski definition) is 0. The third-order valence-corrected chi connectivity index (χ3v) is 3.53. The Bertz CT molecular complexity index is 569. The second-order valence-corrected chi connectivity index (χ2v) is 5.85. The summed E-state index contributed by atoms with van der Waals surface area (Å²) in [5.41, 5.74) is 0.703. The third-order valence-electron chi connectivity index (χ3n) is 3.09. The number of amides is 1. The molecule has 0 spiro atoms. The number of halogens is 2. The lowest BCUT2D eigenvalue weighted by atomic mass is 10.1. The Morgan fingerprint density at radius 3 is 2.35 bits per heavy atom. The number of cyclic esters (lactones) is 1. The lowest BCUT2D eigenvalue weighted by molar-refractivity contribution is 0.142. The predicted molar refractivity (Wildman–Crippen MR) is 80.0 cm³/mol. The van der Waals surface area contributed by atoms with Gasteiger partial charge in [-0.05, 0) is 39.0 Å². The molecule has 0 aromatic heterocycles. The minimum atomic E-state index is -0.442. The van der Waals surface area contributed by atoms with Crippen LogP contribution in [0.3, 0.4) is 0 Å². The molecule has 1 aliphatic rings. The van der Waals surface area contributed by atoms with Gasteiger partial charge in [-0.2, -0.15) is 0 Å². The molecule has 3 nitrogen and oxygen atoms in total. The highest BCUT2D eigenvalue weighted by Crippen LogP contribution is 2.22. The van der Waals surface area contributed by atoms with Crippen LogP contribution in [0.1, 0.15) is 26.3 Å². The molecular weight excluding hydrogens is 297 g/mol. The number of rotatable bonds is 1. The first-order valence-corrected chi connectivity index (χ1v) is 7.10. The molecule has 0 saturated carbocycles. The Kier molecular flexibility index (Phi) is 4.47. The molecule has 5 heteroatoms. The largest absolute Gasteiger partial charge is 0.431 e. The monoisotopic (exact) mass is 311 g/mol. The van der Waals surface area contributed by atoms with E-state index in [2.05, 4.69) is 11.8 Å². The molecule has 1 aliphatic heterocycles. The summed E-state index contributed by atoms with van der Waals surface area (Å²) in [6.45, 7) is 5.82. The summed E-state index contributed by atoms with van der Waals surface area (Å²) in [6.07, 6.45) is -0.765. The van der Waals surface area contributed by atoms with Crippen molar-refractivity contribution in [3.63, 3.8) is 0 Å². The zero-order valence-corrected chi connectivity index (χ0v) is 13.0. The number of ether oxygens (including phenoxy) is 1. The first-order chi connectivity index (χ1) is 9.38. The number of hydrogen-bond acceptors (Lipinski definition) is 2. The van der Waals surface area contributed by atoms with Gasteiger partial charge in [-0.15, -0.1) is 0 Å². The quantitative estimate of drug-likeness (QED) is 0.735. The number of carbonyl (C=O) groups is 1. The van der Waals surface area contributed by atoms with E-state index in [-0.39, 0.29) is 18.2 Å². The van der Waals surface area contributed by atoms with Gasteiger partial charge in [0.15, 0.2) is 6.10 Å². The minimum absolute atomic E-state index is 0.0790. The van der Waals surface area contributed by atoms with Crippen LogP contribution in [0.25, 0.3) is 0 Å². The van der Waals surface area contributed by atoms with E-state index in [1.54, 1.807) is 23.1 Å². The summed E-state index contributed by atoms with van der Waals surface area (Å²) in [6, 6.07) is 5.10. The predicted octanol–water partition coefficient (Wildman–Crippen LogP) is 3.96. The summed E-state index contributed by atoms with van der Waals surface area (Å²) in [4.78, 5) is 13.4. The van der Waals surface area contributed by atoms with Crippen LogP contribution in [0.2, 0.25) is 10.0 Å². The van der Waals surface area contributed by atoms with Gasteiger partial charge in [-0.1, -0.05) is 35.0 Å². The van der Waals surface area contributed by atoms with Crippen LogP contribution in [0.4, 0.5) is 4.79 Å². The lowest BCUT2D eigenvalue weighted by Crippen LogP contribution is -2.38. The van der Waals surface area contributed by atoms with E-state index in [4.69, 9.17) is 27.9 Å². The molecule has 0 N–H and O–H groups in total. The first-order valence-electron chi connectivity index (χ1n) is 6.35. The Balaban J connectivity index is 2.19. The third kappa shape index (κ3) is 3.20. The fourth-order valence-electron chi connectivity index (χ4n) is 2.19.